The first-order chi connectivity index (χ1) is 16.7. The van der Waals surface area contributed by atoms with Crippen LogP contribution in [0.2, 0.25) is 0 Å². The van der Waals surface area contributed by atoms with Crippen molar-refractivity contribution in [1.29, 1.82) is 0 Å². The molecule has 180 valence electrons. The molecular formula is C26H26N4O4S. The number of hydrogen-bond acceptors (Lipinski definition) is 6. The van der Waals surface area contributed by atoms with Crippen molar-refractivity contribution in [3.63, 3.8) is 0 Å². The number of nitrogens with zero attached hydrogens (tertiary/aromatic N) is 1. The maximum atomic E-state index is 11.2. The van der Waals surface area contributed by atoms with E-state index in [1.54, 1.807) is 12.1 Å². The van der Waals surface area contributed by atoms with Gasteiger partial charge in [0.2, 0.25) is 11.4 Å². The van der Waals surface area contributed by atoms with Crippen molar-refractivity contribution >= 4 is 45.6 Å². The largest absolute Gasteiger partial charge is 0.397 e. The van der Waals surface area contributed by atoms with Crippen LogP contribution in [0.3, 0.4) is 0 Å². The monoisotopic (exact) mass is 490 g/mol. The summed E-state index contributed by atoms with van der Waals surface area (Å²) in [6.45, 7) is 0. The van der Waals surface area contributed by atoms with Crippen LogP contribution in [-0.2, 0) is 14.9 Å². The van der Waals surface area contributed by atoms with Crippen molar-refractivity contribution < 1.29 is 17.8 Å². The van der Waals surface area contributed by atoms with E-state index in [4.69, 9.17) is 16.0 Å². The summed E-state index contributed by atoms with van der Waals surface area (Å²) in [6.07, 6.45) is 9.59. The molecule has 0 aliphatic carbocycles. The van der Waals surface area contributed by atoms with Crippen LogP contribution >= 0.6 is 0 Å². The van der Waals surface area contributed by atoms with Gasteiger partial charge in [0.15, 0.2) is 0 Å². The minimum absolute atomic E-state index is 0.577. The number of amides is 1. The van der Waals surface area contributed by atoms with E-state index in [0.717, 1.165) is 16.7 Å². The Balaban J connectivity index is 0.000000198. The number of rotatable bonds is 5. The quantitative estimate of drug-likeness (QED) is 0.242. The molecule has 1 heterocycles. The third-order valence-electron chi connectivity index (χ3n) is 4.88. The number of nitrogens with two attached hydrogens (primary N) is 2. The maximum Gasteiger partial charge on any atom is 0.306 e. The van der Waals surface area contributed by atoms with Gasteiger partial charge in [-0.15, -0.1) is 0 Å². The van der Waals surface area contributed by atoms with Crippen molar-refractivity contribution in [1.82, 2.24) is 10.2 Å². The number of para-hydroxylation sites is 1. The third kappa shape index (κ3) is 7.60. The van der Waals surface area contributed by atoms with Gasteiger partial charge in [-0.1, -0.05) is 84.9 Å². The van der Waals surface area contributed by atoms with E-state index >= 15 is 0 Å². The van der Waals surface area contributed by atoms with Crippen LogP contribution in [0.15, 0.2) is 97.3 Å². The molecular weight excluding hydrogens is 464 g/mol. The van der Waals surface area contributed by atoms with Gasteiger partial charge in [0.1, 0.15) is 0 Å². The summed E-state index contributed by atoms with van der Waals surface area (Å²) in [6, 6.07) is 24.9. The van der Waals surface area contributed by atoms with Crippen LogP contribution in [-0.4, -0.2) is 29.3 Å². The van der Waals surface area contributed by atoms with E-state index in [9.17, 15) is 13.2 Å². The molecule has 0 radical (unpaired) electrons. The zero-order valence-electron chi connectivity index (χ0n) is 18.7. The van der Waals surface area contributed by atoms with Gasteiger partial charge in [0.25, 0.3) is 0 Å². The normalized spacial score (nSPS) is 15.6. The lowest BCUT2D eigenvalue weighted by molar-refractivity contribution is -0.118. The predicted molar refractivity (Wildman–Crippen MR) is 141 cm³/mol. The second kappa shape index (κ2) is 11.7. The average Bonchev–Trinajstić information content (AvgIpc) is 2.85. The molecule has 3 aromatic rings. The highest BCUT2D eigenvalue weighted by Crippen LogP contribution is 2.21. The molecule has 1 atom stereocenters. The van der Waals surface area contributed by atoms with E-state index in [0.29, 0.717) is 11.4 Å². The molecule has 0 spiro atoms. The number of anilines is 2. The fourth-order valence-electron chi connectivity index (χ4n) is 3.07. The first kappa shape index (κ1) is 25.3. The zero-order valence-corrected chi connectivity index (χ0v) is 19.5. The van der Waals surface area contributed by atoms with Gasteiger partial charge in [0, 0.05) is 18.5 Å². The standard InChI is InChI=1S/C14H14N2.C12H12N2O4S/c15-13-8-4-7-12(14(13)16)10-9-11-5-2-1-3-6-11;15-11-7-9-14(12(13-11)19(16,17)18)8-6-10-4-2-1-3-5-10/h1-10H,15-16H2;1-9,12H,(H,13,15)(H,16,17,18). The van der Waals surface area contributed by atoms with Gasteiger partial charge in [0.05, 0.1) is 11.4 Å². The lowest BCUT2D eigenvalue weighted by atomic mass is 10.1. The average molecular weight is 491 g/mol. The van der Waals surface area contributed by atoms with E-state index in [1.165, 1.54) is 23.4 Å². The molecule has 4 rings (SSSR count). The summed E-state index contributed by atoms with van der Waals surface area (Å²) in [5.41, 5.74) is 14.3. The highest BCUT2D eigenvalue weighted by atomic mass is 32.2. The van der Waals surface area contributed by atoms with Crippen LogP contribution in [0.5, 0.6) is 0 Å². The Morgan fingerprint density at radius 1 is 0.829 bits per heavy atom. The van der Waals surface area contributed by atoms with Crippen molar-refractivity contribution in [2.75, 3.05) is 11.5 Å². The maximum absolute atomic E-state index is 11.2. The minimum Gasteiger partial charge on any atom is -0.397 e. The van der Waals surface area contributed by atoms with Crippen molar-refractivity contribution in [3.05, 3.63) is 114 Å². The van der Waals surface area contributed by atoms with Gasteiger partial charge < -0.3 is 21.7 Å². The Hall–Kier alpha value is -4.34. The summed E-state index contributed by atoms with van der Waals surface area (Å²) in [7, 11) is -4.42. The van der Waals surface area contributed by atoms with Crippen molar-refractivity contribution in [3.8, 4) is 0 Å². The number of benzene rings is 3. The fraction of sp³-hybridized carbons (Fsp3) is 0.0385. The van der Waals surface area contributed by atoms with Gasteiger partial charge in [-0.2, -0.15) is 8.42 Å². The summed E-state index contributed by atoms with van der Waals surface area (Å²) in [5.74, 6) is -0.577. The number of carbonyl (C=O) groups excluding carboxylic acids is 1. The smallest absolute Gasteiger partial charge is 0.306 e. The molecule has 0 bridgehead atoms. The fourth-order valence-corrected chi connectivity index (χ4v) is 3.78. The summed E-state index contributed by atoms with van der Waals surface area (Å²) in [5, 5.41) is 2.15. The molecule has 0 saturated carbocycles. The highest BCUT2D eigenvalue weighted by molar-refractivity contribution is 7.86. The van der Waals surface area contributed by atoms with Crippen LogP contribution in [0.25, 0.3) is 18.2 Å². The minimum atomic E-state index is -4.42. The van der Waals surface area contributed by atoms with Crippen LogP contribution in [0.4, 0.5) is 11.4 Å². The highest BCUT2D eigenvalue weighted by Gasteiger charge is 2.30. The predicted octanol–water partition coefficient (Wildman–Crippen LogP) is 3.80. The Labute approximate surface area is 204 Å². The molecule has 8 nitrogen and oxygen atoms in total. The SMILES string of the molecule is Nc1cccc(C=Cc2ccccc2)c1N.O=C1C=CN(C=Cc2ccccc2)C(S(=O)(=O)O)N1. The number of nitrogens with one attached hydrogen (secondary N) is 1. The Bertz CT molecular complexity index is 1340. The van der Waals surface area contributed by atoms with Gasteiger partial charge in [-0.3, -0.25) is 9.35 Å². The molecule has 0 fully saturated rings. The zero-order chi connectivity index (χ0) is 25.3. The molecule has 1 unspecified atom stereocenters. The molecule has 0 saturated heterocycles. The number of nitrogen functional groups attached to an aromatic ring is 2. The lowest BCUT2D eigenvalue weighted by Gasteiger charge is -2.28. The molecule has 35 heavy (non-hydrogen) atoms. The van der Waals surface area contributed by atoms with Gasteiger partial charge in [-0.25, -0.2) is 0 Å². The molecule has 9 heteroatoms. The third-order valence-corrected chi connectivity index (χ3v) is 5.81. The second-order valence-corrected chi connectivity index (χ2v) is 8.94. The van der Waals surface area contributed by atoms with Crippen LogP contribution in [0.1, 0.15) is 16.7 Å². The Kier molecular flexibility index (Phi) is 8.44. The molecule has 1 aliphatic heterocycles. The van der Waals surface area contributed by atoms with Gasteiger partial charge in [-0.05, 0) is 28.8 Å². The molecule has 1 amide bonds. The summed E-state index contributed by atoms with van der Waals surface area (Å²) >= 11 is 0. The molecule has 0 aromatic heterocycles. The summed E-state index contributed by atoms with van der Waals surface area (Å²) in [4.78, 5) is 12.3. The van der Waals surface area contributed by atoms with Crippen LogP contribution in [0, 0.1) is 0 Å². The van der Waals surface area contributed by atoms with E-state index in [2.05, 4.69) is 5.32 Å². The topological polar surface area (TPSA) is 139 Å². The Morgan fingerprint density at radius 2 is 1.43 bits per heavy atom. The molecule has 3 aromatic carbocycles. The van der Waals surface area contributed by atoms with Crippen LogP contribution < -0.4 is 16.8 Å². The molecule has 6 N–H and O–H groups in total. The first-order valence-electron chi connectivity index (χ1n) is 10.6. The first-order valence-corrected chi connectivity index (χ1v) is 12.1. The number of hydrogen-bond donors (Lipinski definition) is 4. The van der Waals surface area contributed by atoms with E-state index < -0.39 is 21.5 Å². The summed E-state index contributed by atoms with van der Waals surface area (Å²) < 4.78 is 31.4. The lowest BCUT2D eigenvalue weighted by Crippen LogP contribution is -2.50. The van der Waals surface area contributed by atoms with E-state index in [-0.39, 0.29) is 0 Å². The number of carbonyl (C=O) groups is 1. The Morgan fingerprint density at radius 3 is 2.03 bits per heavy atom. The second-order valence-electron chi connectivity index (χ2n) is 7.46. The van der Waals surface area contributed by atoms with E-state index in [1.807, 2.05) is 84.9 Å². The van der Waals surface area contributed by atoms with Crippen molar-refractivity contribution in [2.24, 2.45) is 0 Å². The molecule has 1 aliphatic rings. The van der Waals surface area contributed by atoms with Gasteiger partial charge >= 0.3 is 10.1 Å². The van der Waals surface area contributed by atoms with Crippen molar-refractivity contribution in [2.45, 2.75) is 5.50 Å².